The molecular weight excluding hydrogens is 198 g/mol. The fourth-order valence-corrected chi connectivity index (χ4v) is 2.85. The van der Waals surface area contributed by atoms with E-state index in [-0.39, 0.29) is 0 Å². The molecule has 0 atom stereocenters. The fraction of sp³-hybridized carbons (Fsp3) is 1.00. The first-order valence-electron chi connectivity index (χ1n) is 5.39. The summed E-state index contributed by atoms with van der Waals surface area (Å²) in [5, 5.41) is 10.1. The first kappa shape index (κ1) is 12.1. The van der Waals surface area contributed by atoms with Crippen LogP contribution in [0.25, 0.3) is 0 Å². The second kappa shape index (κ2) is 5.24. The summed E-state index contributed by atoms with van der Waals surface area (Å²) in [4.78, 5) is 2.23. The van der Waals surface area contributed by atoms with E-state index in [4.69, 9.17) is 0 Å². The van der Waals surface area contributed by atoms with Gasteiger partial charge in [0.15, 0.2) is 0 Å². The number of β-amino-alcohol motifs (C(OH)–C–C–N with tert-alkyl or cyclic N) is 1. The smallest absolute Gasteiger partial charge is 0.0768 e. The quantitative estimate of drug-likeness (QED) is 0.753. The van der Waals surface area contributed by atoms with Crippen molar-refractivity contribution in [1.82, 2.24) is 4.90 Å². The molecule has 1 aliphatic rings. The third-order valence-corrected chi connectivity index (χ3v) is 4.38. The van der Waals surface area contributed by atoms with Gasteiger partial charge in [-0.05, 0) is 12.8 Å². The summed E-state index contributed by atoms with van der Waals surface area (Å²) in [5.41, 5.74) is -0.543. The molecule has 0 aromatic heterocycles. The van der Waals surface area contributed by atoms with Gasteiger partial charge < -0.3 is 5.11 Å². The zero-order chi connectivity index (χ0) is 10.6. The van der Waals surface area contributed by atoms with Gasteiger partial charge in [-0.25, -0.2) is 0 Å². The van der Waals surface area contributed by atoms with Crippen LogP contribution in [-0.4, -0.2) is 51.0 Å². The third-order valence-electron chi connectivity index (χ3n) is 3.10. The van der Waals surface area contributed by atoms with Crippen LogP contribution in [-0.2, 0) is 10.8 Å². The highest BCUT2D eigenvalue weighted by Crippen LogP contribution is 2.17. The lowest BCUT2D eigenvalue weighted by molar-refractivity contribution is -0.00109. The van der Waals surface area contributed by atoms with Crippen molar-refractivity contribution in [2.45, 2.75) is 32.3 Å². The van der Waals surface area contributed by atoms with E-state index >= 15 is 0 Å². The lowest BCUT2D eigenvalue weighted by Crippen LogP contribution is -2.47. The van der Waals surface area contributed by atoms with Crippen molar-refractivity contribution >= 4 is 10.8 Å². The lowest BCUT2D eigenvalue weighted by Gasteiger charge is -2.34. The topological polar surface area (TPSA) is 40.5 Å². The highest BCUT2D eigenvalue weighted by Gasteiger charge is 2.27. The van der Waals surface area contributed by atoms with Crippen molar-refractivity contribution in [1.29, 1.82) is 0 Å². The molecule has 0 bridgehead atoms. The Morgan fingerprint density at radius 1 is 1.29 bits per heavy atom. The van der Waals surface area contributed by atoms with Crippen molar-refractivity contribution in [3.63, 3.8) is 0 Å². The Labute approximate surface area is 88.9 Å². The maximum Gasteiger partial charge on any atom is 0.0768 e. The highest BCUT2D eigenvalue weighted by atomic mass is 32.2. The Balaban J connectivity index is 2.40. The van der Waals surface area contributed by atoms with E-state index in [0.29, 0.717) is 0 Å². The summed E-state index contributed by atoms with van der Waals surface area (Å²) in [6.07, 6.45) is 1.59. The van der Waals surface area contributed by atoms with Crippen LogP contribution in [0.5, 0.6) is 0 Å². The van der Waals surface area contributed by atoms with Crippen molar-refractivity contribution in [2.75, 3.05) is 31.1 Å². The standard InChI is InChI=1S/C10H21NO2S/c1-3-10(12,4-2)9-11-5-7-14(13)8-6-11/h12H,3-9H2,1-2H3. The van der Waals surface area contributed by atoms with Crippen LogP contribution in [0.3, 0.4) is 0 Å². The Hall–Kier alpha value is 0.0700. The minimum absolute atomic E-state index is 0.543. The van der Waals surface area contributed by atoms with Gasteiger partial charge in [0.25, 0.3) is 0 Å². The molecule has 0 radical (unpaired) electrons. The Bertz CT molecular complexity index is 194. The average Bonchev–Trinajstić information content (AvgIpc) is 2.21. The molecule has 1 saturated heterocycles. The second-order valence-corrected chi connectivity index (χ2v) is 5.75. The van der Waals surface area contributed by atoms with Gasteiger partial charge in [-0.15, -0.1) is 0 Å². The van der Waals surface area contributed by atoms with Crippen LogP contribution in [0.2, 0.25) is 0 Å². The molecule has 3 nitrogen and oxygen atoms in total. The van der Waals surface area contributed by atoms with Gasteiger partial charge in [0.2, 0.25) is 0 Å². The van der Waals surface area contributed by atoms with E-state index in [0.717, 1.165) is 44.0 Å². The van der Waals surface area contributed by atoms with Crippen LogP contribution < -0.4 is 0 Å². The zero-order valence-corrected chi connectivity index (χ0v) is 9.98. The molecule has 0 aliphatic carbocycles. The SMILES string of the molecule is CCC(O)(CC)CN1CCS(=O)CC1. The third kappa shape index (κ3) is 3.33. The number of rotatable bonds is 4. The fourth-order valence-electron chi connectivity index (χ4n) is 1.72. The van der Waals surface area contributed by atoms with Crippen LogP contribution in [0.15, 0.2) is 0 Å². The maximum absolute atomic E-state index is 11.1. The van der Waals surface area contributed by atoms with Crippen LogP contribution in [0.1, 0.15) is 26.7 Å². The van der Waals surface area contributed by atoms with Gasteiger partial charge in [-0.3, -0.25) is 9.11 Å². The van der Waals surface area contributed by atoms with Gasteiger partial charge in [0.05, 0.1) is 5.60 Å². The summed E-state index contributed by atoms with van der Waals surface area (Å²) >= 11 is 0. The van der Waals surface area contributed by atoms with Crippen LogP contribution in [0, 0.1) is 0 Å². The molecule has 0 spiro atoms. The summed E-state index contributed by atoms with van der Waals surface area (Å²) < 4.78 is 11.1. The molecule has 1 heterocycles. The van der Waals surface area contributed by atoms with Crippen LogP contribution in [0.4, 0.5) is 0 Å². The summed E-state index contributed by atoms with van der Waals surface area (Å²) in [6.45, 7) is 6.51. The second-order valence-electron chi connectivity index (χ2n) is 4.06. The number of hydrogen-bond acceptors (Lipinski definition) is 3. The van der Waals surface area contributed by atoms with Crippen molar-refractivity contribution < 1.29 is 9.32 Å². The summed E-state index contributed by atoms with van der Waals surface area (Å²) in [6, 6.07) is 0. The molecule has 0 unspecified atom stereocenters. The molecule has 0 aromatic rings. The first-order valence-corrected chi connectivity index (χ1v) is 6.88. The van der Waals surface area contributed by atoms with Crippen molar-refractivity contribution in [3.8, 4) is 0 Å². The lowest BCUT2D eigenvalue weighted by atomic mass is 9.97. The zero-order valence-electron chi connectivity index (χ0n) is 9.16. The molecule has 14 heavy (non-hydrogen) atoms. The maximum atomic E-state index is 11.1. The molecule has 1 aliphatic heterocycles. The predicted molar refractivity (Wildman–Crippen MR) is 59.8 cm³/mol. The van der Waals surface area contributed by atoms with Gasteiger partial charge in [-0.1, -0.05) is 13.8 Å². The monoisotopic (exact) mass is 219 g/mol. The van der Waals surface area contributed by atoms with E-state index in [1.54, 1.807) is 0 Å². The minimum atomic E-state index is -0.616. The van der Waals surface area contributed by atoms with Gasteiger partial charge in [-0.2, -0.15) is 0 Å². The normalized spacial score (nSPS) is 21.4. The number of hydrogen-bond donors (Lipinski definition) is 1. The largest absolute Gasteiger partial charge is 0.389 e. The minimum Gasteiger partial charge on any atom is -0.389 e. The van der Waals surface area contributed by atoms with Gasteiger partial charge in [0.1, 0.15) is 0 Å². The van der Waals surface area contributed by atoms with E-state index in [1.165, 1.54) is 0 Å². The Morgan fingerprint density at radius 3 is 2.21 bits per heavy atom. The molecule has 1 rings (SSSR count). The Kier molecular flexibility index (Phi) is 4.54. The molecule has 1 N–H and O–H groups in total. The molecular formula is C10H21NO2S. The number of nitrogens with zero attached hydrogens (tertiary/aromatic N) is 1. The van der Waals surface area contributed by atoms with Crippen molar-refractivity contribution in [2.24, 2.45) is 0 Å². The van der Waals surface area contributed by atoms with E-state index in [1.807, 2.05) is 13.8 Å². The number of aliphatic hydroxyl groups is 1. The van der Waals surface area contributed by atoms with Crippen molar-refractivity contribution in [3.05, 3.63) is 0 Å². The molecule has 4 heteroatoms. The van der Waals surface area contributed by atoms with E-state index < -0.39 is 16.4 Å². The van der Waals surface area contributed by atoms with Gasteiger partial charge >= 0.3 is 0 Å². The van der Waals surface area contributed by atoms with Crippen LogP contribution >= 0.6 is 0 Å². The van der Waals surface area contributed by atoms with Gasteiger partial charge in [0, 0.05) is 41.9 Å². The molecule has 1 fully saturated rings. The molecule has 0 saturated carbocycles. The van der Waals surface area contributed by atoms with E-state index in [2.05, 4.69) is 4.90 Å². The average molecular weight is 219 g/mol. The molecule has 0 amide bonds. The summed E-state index contributed by atoms with van der Waals surface area (Å²) in [5.74, 6) is 1.53. The first-order chi connectivity index (χ1) is 6.59. The predicted octanol–water partition coefficient (Wildman–Crippen LogP) is 0.602. The molecule has 84 valence electrons. The summed E-state index contributed by atoms with van der Waals surface area (Å²) in [7, 11) is -0.616. The highest BCUT2D eigenvalue weighted by molar-refractivity contribution is 7.85. The van der Waals surface area contributed by atoms with E-state index in [9.17, 15) is 9.32 Å². The molecule has 0 aromatic carbocycles. The Morgan fingerprint density at radius 2 is 1.79 bits per heavy atom.